The van der Waals surface area contributed by atoms with Gasteiger partial charge in [-0.25, -0.2) is 0 Å². The van der Waals surface area contributed by atoms with Crippen LogP contribution >= 0.6 is 0 Å². The van der Waals surface area contributed by atoms with E-state index in [1.165, 1.54) is 12.8 Å². The topological polar surface area (TPSA) is 32.3 Å². The molecule has 1 amide bonds. The summed E-state index contributed by atoms with van der Waals surface area (Å²) in [5.41, 5.74) is 0. The lowest BCUT2D eigenvalue weighted by atomic mass is 10.2. The molecule has 76 valence electrons. The van der Waals surface area contributed by atoms with Crippen LogP contribution in [0.15, 0.2) is 0 Å². The van der Waals surface area contributed by atoms with Crippen molar-refractivity contribution in [3.63, 3.8) is 0 Å². The molecule has 0 aliphatic heterocycles. The Hall–Kier alpha value is -0.570. The average molecular weight is 184 g/mol. The Bertz CT molecular complexity index is 187. The zero-order chi connectivity index (χ0) is 10.0. The molecule has 0 bridgehead atoms. The molecule has 1 aliphatic carbocycles. The van der Waals surface area contributed by atoms with Crippen LogP contribution in [0.3, 0.4) is 0 Å². The highest BCUT2D eigenvalue weighted by Crippen LogP contribution is 2.32. The lowest BCUT2D eigenvalue weighted by molar-refractivity contribution is -0.130. The Morgan fingerprint density at radius 3 is 2.31 bits per heavy atom. The highest BCUT2D eigenvalue weighted by atomic mass is 16.2. The van der Waals surface area contributed by atoms with Crippen molar-refractivity contribution in [3.05, 3.63) is 0 Å². The Labute approximate surface area is 80.5 Å². The summed E-state index contributed by atoms with van der Waals surface area (Å²) in [5.74, 6) is 0.963. The van der Waals surface area contributed by atoms with Crippen molar-refractivity contribution in [2.24, 2.45) is 5.92 Å². The van der Waals surface area contributed by atoms with Crippen LogP contribution in [0.25, 0.3) is 0 Å². The molecule has 13 heavy (non-hydrogen) atoms. The summed E-state index contributed by atoms with van der Waals surface area (Å²) < 4.78 is 0. The molecule has 0 heterocycles. The van der Waals surface area contributed by atoms with Crippen LogP contribution in [0.2, 0.25) is 0 Å². The molecular formula is C10H20N2O. The van der Waals surface area contributed by atoms with Gasteiger partial charge in [0.05, 0.1) is 6.04 Å². The van der Waals surface area contributed by atoms with Gasteiger partial charge in [0.2, 0.25) is 5.91 Å². The van der Waals surface area contributed by atoms with E-state index >= 15 is 0 Å². The molecule has 0 aromatic heterocycles. The Balaban J connectivity index is 2.30. The van der Waals surface area contributed by atoms with Crippen molar-refractivity contribution < 1.29 is 4.79 Å². The maximum absolute atomic E-state index is 11.5. The number of amides is 1. The van der Waals surface area contributed by atoms with E-state index in [9.17, 15) is 4.79 Å². The lowest BCUT2D eigenvalue weighted by Crippen LogP contribution is -2.45. The molecule has 0 spiro atoms. The van der Waals surface area contributed by atoms with Gasteiger partial charge in [-0.1, -0.05) is 0 Å². The predicted octanol–water partition coefficient (Wildman–Crippen LogP) is 0.851. The van der Waals surface area contributed by atoms with Crippen molar-refractivity contribution in [2.45, 2.75) is 38.8 Å². The third-order valence-electron chi connectivity index (χ3n) is 2.65. The average Bonchev–Trinajstić information content (AvgIpc) is 2.84. The standard InChI is InChI=1S/C10H20N2O/c1-7(9-5-6-9)11-8(2)10(13)12(3)4/h7-9,11H,5-6H2,1-4H3/t7?,8-/m1/s1. The summed E-state index contributed by atoms with van der Waals surface area (Å²) in [7, 11) is 3.59. The second-order valence-corrected chi connectivity index (χ2v) is 4.25. The smallest absolute Gasteiger partial charge is 0.238 e. The molecule has 0 aromatic carbocycles. The van der Waals surface area contributed by atoms with Crippen LogP contribution < -0.4 is 5.32 Å². The van der Waals surface area contributed by atoms with Crippen LogP contribution in [-0.4, -0.2) is 37.0 Å². The highest BCUT2D eigenvalue weighted by molar-refractivity contribution is 5.80. The number of carbonyl (C=O) groups excluding carboxylic acids is 1. The van der Waals surface area contributed by atoms with Gasteiger partial charge in [0.15, 0.2) is 0 Å². The van der Waals surface area contributed by atoms with E-state index in [4.69, 9.17) is 0 Å². The largest absolute Gasteiger partial charge is 0.347 e. The van der Waals surface area contributed by atoms with E-state index in [-0.39, 0.29) is 11.9 Å². The summed E-state index contributed by atoms with van der Waals surface area (Å²) in [4.78, 5) is 13.1. The Morgan fingerprint density at radius 2 is 1.92 bits per heavy atom. The first kappa shape index (κ1) is 10.5. The number of carbonyl (C=O) groups is 1. The van der Waals surface area contributed by atoms with E-state index < -0.39 is 0 Å². The van der Waals surface area contributed by atoms with Crippen LogP contribution in [-0.2, 0) is 4.79 Å². The molecule has 3 heteroatoms. The predicted molar refractivity (Wildman–Crippen MR) is 53.5 cm³/mol. The molecule has 3 nitrogen and oxygen atoms in total. The van der Waals surface area contributed by atoms with Crippen LogP contribution in [0.4, 0.5) is 0 Å². The summed E-state index contributed by atoms with van der Waals surface area (Å²) in [6.45, 7) is 4.10. The van der Waals surface area contributed by atoms with Crippen molar-refractivity contribution >= 4 is 5.91 Å². The van der Waals surface area contributed by atoms with Gasteiger partial charge in [-0.2, -0.15) is 0 Å². The van der Waals surface area contributed by atoms with Crippen molar-refractivity contribution in [1.82, 2.24) is 10.2 Å². The molecule has 1 unspecified atom stereocenters. The second-order valence-electron chi connectivity index (χ2n) is 4.25. The van der Waals surface area contributed by atoms with Gasteiger partial charge in [0.25, 0.3) is 0 Å². The maximum Gasteiger partial charge on any atom is 0.238 e. The number of nitrogens with zero attached hydrogens (tertiary/aromatic N) is 1. The zero-order valence-electron chi connectivity index (χ0n) is 9.00. The molecule has 1 aliphatic rings. The maximum atomic E-state index is 11.5. The number of likely N-dealkylation sites (N-methyl/N-ethyl adjacent to an activating group) is 1. The third-order valence-corrected chi connectivity index (χ3v) is 2.65. The fourth-order valence-electron chi connectivity index (χ4n) is 1.59. The van der Waals surface area contributed by atoms with Crippen LogP contribution in [0.5, 0.6) is 0 Å². The monoisotopic (exact) mass is 184 g/mol. The van der Waals surface area contributed by atoms with Crippen LogP contribution in [0, 0.1) is 5.92 Å². The molecule has 1 N–H and O–H groups in total. The van der Waals surface area contributed by atoms with Crippen molar-refractivity contribution in [3.8, 4) is 0 Å². The molecule has 1 fully saturated rings. The number of nitrogens with one attached hydrogen (secondary N) is 1. The minimum Gasteiger partial charge on any atom is -0.347 e. The summed E-state index contributed by atoms with van der Waals surface area (Å²) in [5, 5.41) is 3.33. The van der Waals surface area contributed by atoms with E-state index in [1.54, 1.807) is 19.0 Å². The minimum absolute atomic E-state index is 0.0504. The van der Waals surface area contributed by atoms with E-state index in [0.29, 0.717) is 6.04 Å². The molecule has 1 saturated carbocycles. The normalized spacial score (nSPS) is 20.9. The second kappa shape index (κ2) is 4.09. The number of hydrogen-bond acceptors (Lipinski definition) is 2. The molecule has 0 aromatic rings. The van der Waals surface area contributed by atoms with Crippen molar-refractivity contribution in [1.29, 1.82) is 0 Å². The number of hydrogen-bond donors (Lipinski definition) is 1. The number of rotatable bonds is 4. The summed E-state index contributed by atoms with van der Waals surface area (Å²) in [6.07, 6.45) is 2.63. The molecule has 1 rings (SSSR count). The van der Waals surface area contributed by atoms with Gasteiger partial charge in [-0.05, 0) is 32.6 Å². The van der Waals surface area contributed by atoms with Gasteiger partial charge in [0, 0.05) is 20.1 Å². The molecular weight excluding hydrogens is 164 g/mol. The Morgan fingerprint density at radius 1 is 1.38 bits per heavy atom. The van der Waals surface area contributed by atoms with E-state index in [0.717, 1.165) is 5.92 Å². The molecule has 0 saturated heterocycles. The quantitative estimate of drug-likeness (QED) is 0.702. The zero-order valence-corrected chi connectivity index (χ0v) is 9.00. The van der Waals surface area contributed by atoms with Gasteiger partial charge < -0.3 is 10.2 Å². The first-order valence-corrected chi connectivity index (χ1v) is 4.99. The van der Waals surface area contributed by atoms with Crippen molar-refractivity contribution in [2.75, 3.05) is 14.1 Å². The first-order valence-electron chi connectivity index (χ1n) is 4.99. The highest BCUT2D eigenvalue weighted by Gasteiger charge is 2.29. The molecule has 0 radical (unpaired) electrons. The molecule has 2 atom stereocenters. The minimum atomic E-state index is -0.0504. The van der Waals surface area contributed by atoms with Gasteiger partial charge >= 0.3 is 0 Å². The first-order chi connectivity index (χ1) is 6.02. The fraction of sp³-hybridized carbons (Fsp3) is 0.900. The summed E-state index contributed by atoms with van der Waals surface area (Å²) in [6, 6.07) is 0.435. The lowest BCUT2D eigenvalue weighted by Gasteiger charge is -2.21. The Kier molecular flexibility index (Phi) is 3.31. The third kappa shape index (κ3) is 2.99. The summed E-state index contributed by atoms with van der Waals surface area (Å²) >= 11 is 0. The van der Waals surface area contributed by atoms with Gasteiger partial charge in [0.1, 0.15) is 0 Å². The SMILES string of the molecule is CC(N[C@H](C)C(=O)N(C)C)C1CC1. The van der Waals surface area contributed by atoms with Crippen LogP contribution in [0.1, 0.15) is 26.7 Å². The van der Waals surface area contributed by atoms with E-state index in [1.807, 2.05) is 6.92 Å². The van der Waals surface area contributed by atoms with Gasteiger partial charge in [-0.15, -0.1) is 0 Å². The van der Waals surface area contributed by atoms with E-state index in [2.05, 4.69) is 12.2 Å². The fourth-order valence-corrected chi connectivity index (χ4v) is 1.59. The van der Waals surface area contributed by atoms with Gasteiger partial charge in [-0.3, -0.25) is 4.79 Å².